The average molecular weight is 298 g/mol. The van der Waals surface area contributed by atoms with Gasteiger partial charge in [-0.2, -0.15) is 0 Å². The number of carbonyl (C=O) groups is 2. The van der Waals surface area contributed by atoms with Crippen molar-refractivity contribution in [1.29, 1.82) is 0 Å². The van der Waals surface area contributed by atoms with E-state index in [-0.39, 0.29) is 30.3 Å². The summed E-state index contributed by atoms with van der Waals surface area (Å²) in [6, 6.07) is 7.04. The van der Waals surface area contributed by atoms with Crippen molar-refractivity contribution in [2.24, 2.45) is 5.73 Å². The highest BCUT2D eigenvalue weighted by atomic mass is 35.5. The van der Waals surface area contributed by atoms with Crippen molar-refractivity contribution in [2.45, 2.75) is 32.4 Å². The van der Waals surface area contributed by atoms with Crippen LogP contribution >= 0.6 is 12.4 Å². The molecule has 0 fully saturated rings. The van der Waals surface area contributed by atoms with Crippen molar-refractivity contribution in [3.63, 3.8) is 0 Å². The van der Waals surface area contributed by atoms with Crippen LogP contribution in [0.4, 0.5) is 5.69 Å². The molecule has 2 amide bonds. The van der Waals surface area contributed by atoms with Gasteiger partial charge < -0.3 is 16.0 Å². The van der Waals surface area contributed by atoms with Gasteiger partial charge in [-0.05, 0) is 25.0 Å². The van der Waals surface area contributed by atoms with Crippen molar-refractivity contribution in [3.8, 4) is 0 Å². The third-order valence-electron chi connectivity index (χ3n) is 3.35. The molecule has 1 unspecified atom stereocenters. The molecule has 0 radical (unpaired) electrons. The van der Waals surface area contributed by atoms with E-state index < -0.39 is 6.04 Å². The van der Waals surface area contributed by atoms with Crippen molar-refractivity contribution in [3.05, 3.63) is 29.8 Å². The number of rotatable bonds is 2. The summed E-state index contributed by atoms with van der Waals surface area (Å²) in [5.74, 6) is -0.152. The first kappa shape index (κ1) is 16.5. The Kier molecular flexibility index (Phi) is 5.53. The number of fused-ring (bicyclic) bond motifs is 1. The van der Waals surface area contributed by atoms with Gasteiger partial charge in [0.1, 0.15) is 0 Å². The molecular formula is C14H20ClN3O2. The summed E-state index contributed by atoms with van der Waals surface area (Å²) in [7, 11) is 0. The van der Waals surface area contributed by atoms with Crippen molar-refractivity contribution >= 4 is 29.9 Å². The smallest absolute Gasteiger partial charge is 0.237 e. The first-order valence-corrected chi connectivity index (χ1v) is 6.43. The summed E-state index contributed by atoms with van der Waals surface area (Å²) < 4.78 is 0. The molecule has 1 heterocycles. The van der Waals surface area contributed by atoms with Gasteiger partial charge in [0, 0.05) is 19.2 Å². The molecule has 20 heavy (non-hydrogen) atoms. The second-order valence-electron chi connectivity index (χ2n) is 4.87. The van der Waals surface area contributed by atoms with Crippen LogP contribution in [0.3, 0.4) is 0 Å². The lowest BCUT2D eigenvalue weighted by Crippen LogP contribution is -2.44. The number of nitrogens with one attached hydrogen (secondary N) is 1. The maximum absolute atomic E-state index is 11.7. The van der Waals surface area contributed by atoms with Crippen LogP contribution in [0.2, 0.25) is 0 Å². The largest absolute Gasteiger partial charge is 0.348 e. The highest BCUT2D eigenvalue weighted by Crippen LogP contribution is 2.33. The Bertz CT molecular complexity index is 505. The number of anilines is 1. The Morgan fingerprint density at radius 3 is 2.65 bits per heavy atom. The van der Waals surface area contributed by atoms with Crippen LogP contribution in [0.1, 0.15) is 31.9 Å². The molecular weight excluding hydrogens is 278 g/mol. The lowest BCUT2D eigenvalue weighted by molar-refractivity contribution is -0.122. The Hall–Kier alpha value is -1.59. The third kappa shape index (κ3) is 3.29. The molecule has 0 aliphatic carbocycles. The minimum Gasteiger partial charge on any atom is -0.348 e. The van der Waals surface area contributed by atoms with Gasteiger partial charge in [0.05, 0.1) is 12.1 Å². The van der Waals surface area contributed by atoms with E-state index in [0.29, 0.717) is 13.0 Å². The summed E-state index contributed by atoms with van der Waals surface area (Å²) in [5, 5.41) is 2.93. The Morgan fingerprint density at radius 2 is 2.05 bits per heavy atom. The van der Waals surface area contributed by atoms with Crippen molar-refractivity contribution < 1.29 is 9.59 Å². The number of hydrogen-bond acceptors (Lipinski definition) is 3. The van der Waals surface area contributed by atoms with Gasteiger partial charge in [0.25, 0.3) is 0 Å². The summed E-state index contributed by atoms with van der Waals surface area (Å²) in [6.45, 7) is 3.82. The zero-order chi connectivity index (χ0) is 14.0. The maximum Gasteiger partial charge on any atom is 0.237 e. The van der Waals surface area contributed by atoms with E-state index in [2.05, 4.69) is 5.32 Å². The van der Waals surface area contributed by atoms with Gasteiger partial charge in [-0.3, -0.25) is 9.59 Å². The SMILES string of the molecule is CC(=O)N1CCC(NC(=O)[C@@H](C)N)c2ccccc21.Cl. The highest BCUT2D eigenvalue weighted by Gasteiger charge is 2.28. The van der Waals surface area contributed by atoms with Gasteiger partial charge in [-0.25, -0.2) is 0 Å². The molecule has 0 spiro atoms. The summed E-state index contributed by atoms with van der Waals surface area (Å²) in [6.07, 6.45) is 0.703. The molecule has 2 rings (SSSR count). The van der Waals surface area contributed by atoms with Crippen molar-refractivity contribution in [2.75, 3.05) is 11.4 Å². The van der Waals surface area contributed by atoms with E-state index in [1.54, 1.807) is 18.7 Å². The number of amides is 2. The van der Waals surface area contributed by atoms with Crippen LogP contribution < -0.4 is 16.0 Å². The number of hydrogen-bond donors (Lipinski definition) is 2. The van der Waals surface area contributed by atoms with E-state index in [4.69, 9.17) is 5.73 Å². The fourth-order valence-electron chi connectivity index (χ4n) is 2.34. The summed E-state index contributed by atoms with van der Waals surface area (Å²) in [4.78, 5) is 25.1. The summed E-state index contributed by atoms with van der Waals surface area (Å²) >= 11 is 0. The maximum atomic E-state index is 11.7. The molecule has 0 bridgehead atoms. The van der Waals surface area contributed by atoms with Crippen molar-refractivity contribution in [1.82, 2.24) is 5.32 Å². The predicted octanol–water partition coefficient (Wildman–Crippen LogP) is 1.37. The van der Waals surface area contributed by atoms with E-state index in [1.807, 2.05) is 24.3 Å². The Balaban J connectivity index is 0.00000200. The summed E-state index contributed by atoms with van der Waals surface area (Å²) in [5.41, 5.74) is 7.41. The number of para-hydroxylation sites is 1. The number of halogens is 1. The van der Waals surface area contributed by atoms with Crippen LogP contribution in [0.25, 0.3) is 0 Å². The first-order valence-electron chi connectivity index (χ1n) is 6.43. The minimum absolute atomic E-state index is 0. The number of carbonyl (C=O) groups excluding carboxylic acids is 2. The topological polar surface area (TPSA) is 75.4 Å². The normalized spacial score (nSPS) is 18.6. The van der Waals surface area contributed by atoms with Crippen LogP contribution in [0.15, 0.2) is 24.3 Å². The molecule has 0 saturated carbocycles. The van der Waals surface area contributed by atoms with Gasteiger partial charge in [0.2, 0.25) is 11.8 Å². The molecule has 1 aromatic carbocycles. The van der Waals surface area contributed by atoms with Gasteiger partial charge in [-0.15, -0.1) is 12.4 Å². The van der Waals surface area contributed by atoms with Crippen LogP contribution in [0.5, 0.6) is 0 Å². The zero-order valence-electron chi connectivity index (χ0n) is 11.6. The van der Waals surface area contributed by atoms with E-state index >= 15 is 0 Å². The molecule has 1 aromatic rings. The van der Waals surface area contributed by atoms with Gasteiger partial charge in [-0.1, -0.05) is 18.2 Å². The molecule has 1 aliphatic rings. The molecule has 5 nitrogen and oxygen atoms in total. The molecule has 6 heteroatoms. The predicted molar refractivity (Wildman–Crippen MR) is 80.9 cm³/mol. The van der Waals surface area contributed by atoms with E-state index in [0.717, 1.165) is 11.3 Å². The monoisotopic (exact) mass is 297 g/mol. The number of nitrogens with zero attached hydrogens (tertiary/aromatic N) is 1. The fraction of sp³-hybridized carbons (Fsp3) is 0.429. The van der Waals surface area contributed by atoms with E-state index in [9.17, 15) is 9.59 Å². The highest BCUT2D eigenvalue weighted by molar-refractivity contribution is 5.93. The van der Waals surface area contributed by atoms with E-state index in [1.165, 1.54) is 0 Å². The molecule has 2 atom stereocenters. The Labute approximate surface area is 124 Å². The Morgan fingerprint density at radius 1 is 1.40 bits per heavy atom. The first-order chi connectivity index (χ1) is 9.00. The van der Waals surface area contributed by atoms with Crippen LogP contribution in [0, 0.1) is 0 Å². The second-order valence-corrected chi connectivity index (χ2v) is 4.87. The number of nitrogens with two attached hydrogens (primary N) is 1. The zero-order valence-corrected chi connectivity index (χ0v) is 12.4. The molecule has 1 aliphatic heterocycles. The fourth-order valence-corrected chi connectivity index (χ4v) is 2.34. The lowest BCUT2D eigenvalue weighted by atomic mass is 9.96. The van der Waals surface area contributed by atoms with Gasteiger partial charge >= 0.3 is 0 Å². The molecule has 0 aromatic heterocycles. The number of benzene rings is 1. The quantitative estimate of drug-likeness (QED) is 0.866. The lowest BCUT2D eigenvalue weighted by Gasteiger charge is -2.34. The third-order valence-corrected chi connectivity index (χ3v) is 3.35. The van der Waals surface area contributed by atoms with Gasteiger partial charge in [0.15, 0.2) is 0 Å². The average Bonchev–Trinajstić information content (AvgIpc) is 2.38. The minimum atomic E-state index is -0.530. The second kappa shape index (κ2) is 6.72. The molecule has 0 saturated heterocycles. The standard InChI is InChI=1S/C14H19N3O2.ClH/c1-9(15)14(19)16-12-7-8-17(10(2)18)13-6-4-3-5-11(12)13;/h3-6,9,12H,7-8,15H2,1-2H3,(H,16,19);1H/t9-,12?;/m1./s1. The molecule has 3 N–H and O–H groups in total. The van der Waals surface area contributed by atoms with Crippen LogP contribution in [-0.4, -0.2) is 24.4 Å². The van der Waals surface area contributed by atoms with Crippen LogP contribution in [-0.2, 0) is 9.59 Å². The molecule has 110 valence electrons.